The molecule has 0 saturated heterocycles. The number of hydrogen-bond acceptors (Lipinski definition) is 0. The monoisotopic (exact) mass is 306 g/mol. The second-order valence-electron chi connectivity index (χ2n) is 3.92. The van der Waals surface area contributed by atoms with E-state index >= 15 is 0 Å². The maximum atomic E-state index is 9.87. The van der Waals surface area contributed by atoms with Crippen molar-refractivity contribution in [1.82, 2.24) is 0 Å². The van der Waals surface area contributed by atoms with Crippen molar-refractivity contribution in [3.05, 3.63) is 0 Å². The molecule has 0 amide bonds. The maximum absolute atomic E-state index is 10.7. The summed E-state index contributed by atoms with van der Waals surface area (Å²) in [5.74, 6) is 0. The van der Waals surface area contributed by atoms with Crippen LogP contribution in [0.4, 0.5) is 25.2 Å². The molecule has 8 heteroatoms. The van der Waals surface area contributed by atoms with Crippen LogP contribution < -0.4 is 0 Å². The van der Waals surface area contributed by atoms with Gasteiger partial charge < -0.3 is 0 Å². The van der Waals surface area contributed by atoms with Crippen molar-refractivity contribution in [2.45, 2.75) is 45.4 Å². The Labute approximate surface area is 101 Å². The Hall–Kier alpha value is 0.440. The van der Waals surface area contributed by atoms with E-state index < -0.39 is 7.81 Å². The molecule has 17 heavy (non-hydrogen) atoms. The van der Waals surface area contributed by atoms with E-state index in [2.05, 4.69) is 13.6 Å². The fourth-order valence-electron chi connectivity index (χ4n) is 1.13. The van der Waals surface area contributed by atoms with Gasteiger partial charge in [-0.3, -0.25) is 0 Å². The van der Waals surface area contributed by atoms with Gasteiger partial charge >= 0.3 is 33.0 Å². The predicted octanol–water partition coefficient (Wildman–Crippen LogP) is 6.77. The van der Waals surface area contributed by atoms with E-state index in [0.29, 0.717) is 0 Å². The molecule has 0 N–H and O–H groups in total. The first-order chi connectivity index (χ1) is 7.36. The molecule has 0 fully saturated rings. The summed E-state index contributed by atoms with van der Waals surface area (Å²) in [4.78, 5) is 0. The molecular formula is C9H22F6P2. The van der Waals surface area contributed by atoms with Crippen molar-refractivity contribution in [3.8, 4) is 0 Å². The molecule has 0 saturated carbocycles. The van der Waals surface area contributed by atoms with Gasteiger partial charge in [0.15, 0.2) is 0 Å². The van der Waals surface area contributed by atoms with Gasteiger partial charge in [0.25, 0.3) is 0 Å². The molecule has 0 aliphatic heterocycles. The minimum atomic E-state index is -10.7. The molecule has 0 aromatic carbocycles. The fourth-order valence-corrected chi connectivity index (χ4v) is 1.83. The SMILES string of the molecule is CCCCCCCC[PH2+]C.F[P-](F)(F)(F)(F)F. The summed E-state index contributed by atoms with van der Waals surface area (Å²) < 4.78 is 59.2. The first-order valence-corrected chi connectivity index (χ1v) is 9.71. The second-order valence-corrected chi connectivity index (χ2v) is 7.23. The third-order valence-electron chi connectivity index (χ3n) is 1.85. The molecule has 0 aliphatic rings. The normalized spacial score (nSPS) is 16.2. The molecule has 0 aromatic heterocycles. The van der Waals surface area contributed by atoms with Crippen LogP contribution in [-0.2, 0) is 0 Å². The van der Waals surface area contributed by atoms with Crippen molar-refractivity contribution in [3.63, 3.8) is 0 Å². The average molecular weight is 306 g/mol. The summed E-state index contributed by atoms with van der Waals surface area (Å²) >= 11 is 0. The van der Waals surface area contributed by atoms with Gasteiger partial charge in [0.2, 0.25) is 0 Å². The molecule has 0 aromatic rings. The topological polar surface area (TPSA) is 0 Å². The van der Waals surface area contributed by atoms with Crippen LogP contribution >= 0.6 is 16.4 Å². The van der Waals surface area contributed by atoms with Gasteiger partial charge in [-0.1, -0.05) is 32.6 Å². The van der Waals surface area contributed by atoms with Crippen LogP contribution in [0.2, 0.25) is 0 Å². The van der Waals surface area contributed by atoms with Crippen LogP contribution in [0.1, 0.15) is 45.4 Å². The molecular weight excluding hydrogens is 284 g/mol. The van der Waals surface area contributed by atoms with Gasteiger partial charge in [0.05, 0.1) is 6.16 Å². The Kier molecular flexibility index (Phi) is 8.30. The minimum absolute atomic E-state index is 0.772. The molecule has 0 nitrogen and oxygen atoms in total. The molecule has 0 rings (SSSR count). The number of rotatable bonds is 7. The molecule has 0 radical (unpaired) electrons. The molecule has 0 heterocycles. The van der Waals surface area contributed by atoms with E-state index in [0.717, 1.165) is 8.58 Å². The Morgan fingerprint density at radius 2 is 1.12 bits per heavy atom. The van der Waals surface area contributed by atoms with Crippen LogP contribution in [0.15, 0.2) is 0 Å². The second kappa shape index (κ2) is 7.13. The third-order valence-corrected chi connectivity index (χ3v) is 2.83. The first-order valence-electron chi connectivity index (χ1n) is 5.71. The number of unbranched alkanes of at least 4 members (excludes halogenated alkanes) is 5. The molecule has 0 bridgehead atoms. The van der Waals surface area contributed by atoms with Gasteiger partial charge in [-0.2, -0.15) is 0 Å². The summed E-state index contributed by atoms with van der Waals surface area (Å²) in [6, 6.07) is 0. The van der Waals surface area contributed by atoms with E-state index in [-0.39, 0.29) is 0 Å². The Morgan fingerprint density at radius 1 is 0.765 bits per heavy atom. The molecule has 110 valence electrons. The molecule has 1 unspecified atom stereocenters. The quantitative estimate of drug-likeness (QED) is 0.276. The van der Waals surface area contributed by atoms with E-state index in [1.54, 1.807) is 0 Å². The van der Waals surface area contributed by atoms with Gasteiger partial charge in [-0.25, -0.2) is 0 Å². The van der Waals surface area contributed by atoms with Crippen LogP contribution in [0.5, 0.6) is 0 Å². The summed E-state index contributed by atoms with van der Waals surface area (Å²) in [5, 5.41) is 0. The van der Waals surface area contributed by atoms with Crippen LogP contribution in [0.25, 0.3) is 0 Å². The standard InChI is InChI=1S/C9H21P.F6P/c1-3-4-5-6-7-8-9-10-2;1-7(2,3,4,5)6/h10H,3-9H2,1-2H3;/q;-1/p+1. The van der Waals surface area contributed by atoms with Gasteiger partial charge in [-0.05, 0) is 21.4 Å². The summed E-state index contributed by atoms with van der Waals surface area (Å²) in [6.07, 6.45) is 10.3. The average Bonchev–Trinajstić information content (AvgIpc) is 2.06. The van der Waals surface area contributed by atoms with Crippen LogP contribution in [0.3, 0.4) is 0 Å². The predicted molar refractivity (Wildman–Crippen MR) is 67.4 cm³/mol. The number of halogens is 6. The van der Waals surface area contributed by atoms with E-state index in [4.69, 9.17) is 0 Å². The van der Waals surface area contributed by atoms with Crippen molar-refractivity contribution < 1.29 is 25.2 Å². The van der Waals surface area contributed by atoms with Crippen molar-refractivity contribution in [2.75, 3.05) is 12.8 Å². The van der Waals surface area contributed by atoms with Crippen molar-refractivity contribution in [2.24, 2.45) is 0 Å². The Balaban J connectivity index is 0. The zero-order chi connectivity index (χ0) is 14.1. The van der Waals surface area contributed by atoms with Crippen LogP contribution in [-0.4, -0.2) is 12.8 Å². The Bertz CT molecular complexity index is 165. The van der Waals surface area contributed by atoms with Gasteiger partial charge in [0, 0.05) is 6.66 Å². The van der Waals surface area contributed by atoms with Crippen molar-refractivity contribution >= 4 is 16.4 Å². The number of hydrogen-bond donors (Lipinski definition) is 0. The van der Waals surface area contributed by atoms with Gasteiger partial charge in [-0.15, -0.1) is 0 Å². The first kappa shape index (κ1) is 19.8. The third kappa shape index (κ3) is 61.9. The van der Waals surface area contributed by atoms with Crippen LogP contribution in [0, 0.1) is 0 Å². The van der Waals surface area contributed by atoms with E-state index in [1.807, 2.05) is 0 Å². The van der Waals surface area contributed by atoms with E-state index in [9.17, 15) is 25.2 Å². The molecule has 0 aliphatic carbocycles. The Morgan fingerprint density at radius 3 is 1.47 bits per heavy atom. The van der Waals surface area contributed by atoms with E-state index in [1.165, 1.54) is 44.7 Å². The summed E-state index contributed by atoms with van der Waals surface area (Å²) in [7, 11) is -9.89. The summed E-state index contributed by atoms with van der Waals surface area (Å²) in [5.41, 5.74) is 0. The van der Waals surface area contributed by atoms with Crippen molar-refractivity contribution in [1.29, 1.82) is 0 Å². The zero-order valence-electron chi connectivity index (χ0n) is 10.2. The zero-order valence-corrected chi connectivity index (χ0v) is 12.3. The molecule has 0 spiro atoms. The summed E-state index contributed by atoms with van der Waals surface area (Å²) in [6.45, 7) is 4.63. The van der Waals surface area contributed by atoms with Gasteiger partial charge in [0.1, 0.15) is 0 Å². The fraction of sp³-hybridized carbons (Fsp3) is 1.00. The molecule has 1 atom stereocenters.